The molecule has 0 aliphatic heterocycles. The van der Waals surface area contributed by atoms with E-state index >= 15 is 0 Å². The van der Waals surface area contributed by atoms with E-state index in [0.717, 1.165) is 16.7 Å². The maximum absolute atomic E-state index is 11.4. The highest BCUT2D eigenvalue weighted by molar-refractivity contribution is 5.96. The van der Waals surface area contributed by atoms with Gasteiger partial charge in [-0.1, -0.05) is 48.0 Å². The van der Waals surface area contributed by atoms with Gasteiger partial charge in [0.15, 0.2) is 5.78 Å². The lowest BCUT2D eigenvalue weighted by molar-refractivity contribution is 0.101. The summed E-state index contributed by atoms with van der Waals surface area (Å²) in [5, 5.41) is 0. The SMILES string of the molecule is CC(=O)c1ccc(-c2cccc(C)c2)cc1C. The number of hydrogen-bond donors (Lipinski definition) is 0. The molecular weight excluding hydrogens is 208 g/mol. The minimum Gasteiger partial charge on any atom is -0.295 e. The van der Waals surface area contributed by atoms with Crippen LogP contribution in [0.3, 0.4) is 0 Å². The summed E-state index contributed by atoms with van der Waals surface area (Å²) in [6.45, 7) is 5.67. The molecule has 0 unspecified atom stereocenters. The third-order valence-electron chi connectivity index (χ3n) is 2.96. The van der Waals surface area contributed by atoms with Gasteiger partial charge in [-0.3, -0.25) is 4.79 Å². The smallest absolute Gasteiger partial charge is 0.160 e. The third-order valence-corrected chi connectivity index (χ3v) is 2.96. The fourth-order valence-corrected chi connectivity index (χ4v) is 2.06. The van der Waals surface area contributed by atoms with E-state index in [-0.39, 0.29) is 5.78 Å². The largest absolute Gasteiger partial charge is 0.295 e. The standard InChI is InChI=1S/C16H16O/c1-11-5-4-6-14(9-11)15-7-8-16(13(3)17)12(2)10-15/h4-10H,1-3H3. The summed E-state index contributed by atoms with van der Waals surface area (Å²) in [5.41, 5.74) is 5.45. The van der Waals surface area contributed by atoms with E-state index in [0.29, 0.717) is 0 Å². The van der Waals surface area contributed by atoms with E-state index in [1.807, 2.05) is 19.1 Å². The van der Waals surface area contributed by atoms with Crippen molar-refractivity contribution in [3.8, 4) is 11.1 Å². The molecule has 0 bridgehead atoms. The highest BCUT2D eigenvalue weighted by Gasteiger charge is 2.05. The molecule has 1 nitrogen and oxygen atoms in total. The third kappa shape index (κ3) is 2.44. The number of ketones is 1. The molecule has 2 aromatic rings. The lowest BCUT2D eigenvalue weighted by atomic mass is 9.97. The molecule has 17 heavy (non-hydrogen) atoms. The maximum atomic E-state index is 11.4. The zero-order valence-electron chi connectivity index (χ0n) is 10.4. The topological polar surface area (TPSA) is 17.1 Å². The minimum absolute atomic E-state index is 0.123. The quantitative estimate of drug-likeness (QED) is 0.699. The van der Waals surface area contributed by atoms with E-state index < -0.39 is 0 Å². The van der Waals surface area contributed by atoms with Gasteiger partial charge in [-0.2, -0.15) is 0 Å². The van der Waals surface area contributed by atoms with E-state index in [2.05, 4.69) is 37.3 Å². The van der Waals surface area contributed by atoms with Crippen molar-refractivity contribution in [3.05, 3.63) is 59.2 Å². The molecule has 0 spiro atoms. The fraction of sp³-hybridized carbons (Fsp3) is 0.188. The Hall–Kier alpha value is -1.89. The Labute approximate surface area is 102 Å². The van der Waals surface area contributed by atoms with Gasteiger partial charge in [-0.25, -0.2) is 0 Å². The van der Waals surface area contributed by atoms with Crippen LogP contribution >= 0.6 is 0 Å². The van der Waals surface area contributed by atoms with Crippen molar-refractivity contribution in [1.29, 1.82) is 0 Å². The number of benzene rings is 2. The Balaban J connectivity index is 2.48. The van der Waals surface area contributed by atoms with Gasteiger partial charge in [0.05, 0.1) is 0 Å². The molecular formula is C16H16O. The molecule has 0 aliphatic rings. The van der Waals surface area contributed by atoms with Gasteiger partial charge in [-0.15, -0.1) is 0 Å². The summed E-state index contributed by atoms with van der Waals surface area (Å²) in [4.78, 5) is 11.4. The molecule has 2 aromatic carbocycles. The van der Waals surface area contributed by atoms with Crippen LogP contribution in [0.15, 0.2) is 42.5 Å². The number of rotatable bonds is 2. The van der Waals surface area contributed by atoms with E-state index in [9.17, 15) is 4.79 Å². The Bertz CT molecular complexity index is 567. The highest BCUT2D eigenvalue weighted by Crippen LogP contribution is 2.23. The van der Waals surface area contributed by atoms with Gasteiger partial charge < -0.3 is 0 Å². The van der Waals surface area contributed by atoms with E-state index in [4.69, 9.17) is 0 Å². The van der Waals surface area contributed by atoms with Gasteiger partial charge in [0, 0.05) is 5.56 Å². The first kappa shape index (κ1) is 11.6. The predicted octanol–water partition coefficient (Wildman–Crippen LogP) is 4.17. The molecule has 1 heteroatoms. The van der Waals surface area contributed by atoms with Gasteiger partial charge >= 0.3 is 0 Å². The van der Waals surface area contributed by atoms with Crippen LogP contribution in [-0.2, 0) is 0 Å². The van der Waals surface area contributed by atoms with Crippen molar-refractivity contribution < 1.29 is 4.79 Å². The van der Waals surface area contributed by atoms with Crippen molar-refractivity contribution in [3.63, 3.8) is 0 Å². The number of carbonyl (C=O) groups excluding carboxylic acids is 1. The Morgan fingerprint density at radius 2 is 1.65 bits per heavy atom. The van der Waals surface area contributed by atoms with Crippen LogP contribution in [0.4, 0.5) is 0 Å². The van der Waals surface area contributed by atoms with Crippen molar-refractivity contribution in [2.75, 3.05) is 0 Å². The fourth-order valence-electron chi connectivity index (χ4n) is 2.06. The van der Waals surface area contributed by atoms with Gasteiger partial charge in [0.25, 0.3) is 0 Å². The molecule has 0 aliphatic carbocycles. The van der Waals surface area contributed by atoms with Crippen molar-refractivity contribution >= 4 is 5.78 Å². The van der Waals surface area contributed by atoms with Crippen LogP contribution in [0, 0.1) is 13.8 Å². The van der Waals surface area contributed by atoms with Gasteiger partial charge in [0.1, 0.15) is 0 Å². The van der Waals surface area contributed by atoms with Crippen LogP contribution in [0.5, 0.6) is 0 Å². The van der Waals surface area contributed by atoms with Gasteiger partial charge in [-0.05, 0) is 37.5 Å². The summed E-state index contributed by atoms with van der Waals surface area (Å²) in [7, 11) is 0. The van der Waals surface area contributed by atoms with Crippen LogP contribution < -0.4 is 0 Å². The second-order valence-electron chi connectivity index (χ2n) is 4.46. The molecule has 86 valence electrons. The molecule has 0 amide bonds. The second-order valence-corrected chi connectivity index (χ2v) is 4.46. The van der Waals surface area contributed by atoms with Crippen LogP contribution in [0.2, 0.25) is 0 Å². The number of Topliss-reactive ketones (excluding diaryl/α,β-unsaturated/α-hetero) is 1. The van der Waals surface area contributed by atoms with Crippen LogP contribution in [0.1, 0.15) is 28.4 Å². The molecule has 0 heterocycles. The molecule has 2 rings (SSSR count). The van der Waals surface area contributed by atoms with Crippen molar-refractivity contribution in [1.82, 2.24) is 0 Å². The lowest BCUT2D eigenvalue weighted by Crippen LogP contribution is -1.95. The molecule has 0 radical (unpaired) electrons. The Kier molecular flexibility index (Phi) is 3.10. The molecule has 0 saturated heterocycles. The van der Waals surface area contributed by atoms with Crippen LogP contribution in [0.25, 0.3) is 11.1 Å². The Morgan fingerprint density at radius 3 is 2.24 bits per heavy atom. The molecule has 0 N–H and O–H groups in total. The molecule has 0 atom stereocenters. The molecule has 0 aromatic heterocycles. The zero-order valence-corrected chi connectivity index (χ0v) is 10.4. The first-order valence-corrected chi connectivity index (χ1v) is 5.76. The monoisotopic (exact) mass is 224 g/mol. The summed E-state index contributed by atoms with van der Waals surface area (Å²) in [6.07, 6.45) is 0. The summed E-state index contributed by atoms with van der Waals surface area (Å²) < 4.78 is 0. The average Bonchev–Trinajstić information content (AvgIpc) is 2.28. The average molecular weight is 224 g/mol. The first-order valence-electron chi connectivity index (χ1n) is 5.76. The summed E-state index contributed by atoms with van der Waals surface area (Å²) in [5.74, 6) is 0.123. The normalized spacial score (nSPS) is 10.3. The zero-order chi connectivity index (χ0) is 12.4. The summed E-state index contributed by atoms with van der Waals surface area (Å²) >= 11 is 0. The number of carbonyl (C=O) groups is 1. The Morgan fingerprint density at radius 1 is 0.941 bits per heavy atom. The van der Waals surface area contributed by atoms with E-state index in [1.54, 1.807) is 6.92 Å². The predicted molar refractivity (Wildman–Crippen MR) is 71.4 cm³/mol. The molecule has 0 fully saturated rings. The van der Waals surface area contributed by atoms with Crippen molar-refractivity contribution in [2.24, 2.45) is 0 Å². The van der Waals surface area contributed by atoms with Gasteiger partial charge in [0.2, 0.25) is 0 Å². The lowest BCUT2D eigenvalue weighted by Gasteiger charge is -2.07. The number of hydrogen-bond acceptors (Lipinski definition) is 1. The summed E-state index contributed by atoms with van der Waals surface area (Å²) in [6, 6.07) is 14.4. The number of aryl methyl sites for hydroxylation is 2. The highest BCUT2D eigenvalue weighted by atomic mass is 16.1. The van der Waals surface area contributed by atoms with E-state index in [1.165, 1.54) is 11.1 Å². The molecule has 0 saturated carbocycles. The second kappa shape index (κ2) is 4.54. The van der Waals surface area contributed by atoms with Crippen LogP contribution in [-0.4, -0.2) is 5.78 Å². The first-order chi connectivity index (χ1) is 8.08. The minimum atomic E-state index is 0.123. The van der Waals surface area contributed by atoms with Crippen molar-refractivity contribution in [2.45, 2.75) is 20.8 Å². The maximum Gasteiger partial charge on any atom is 0.160 e.